The molecular formula is C59H82N6O15. The van der Waals surface area contributed by atoms with E-state index in [4.69, 9.17) is 18.6 Å². The summed E-state index contributed by atoms with van der Waals surface area (Å²) in [6.07, 6.45) is -4.48. The van der Waals surface area contributed by atoms with Gasteiger partial charge in [-0.3, -0.25) is 38.4 Å². The Morgan fingerprint density at radius 3 is 2.15 bits per heavy atom. The van der Waals surface area contributed by atoms with Crippen LogP contribution in [0.25, 0.3) is 11.0 Å². The molecule has 5 rings (SSSR count). The first-order chi connectivity index (χ1) is 37.7. The van der Waals surface area contributed by atoms with Gasteiger partial charge in [0.1, 0.15) is 53.2 Å². The number of hydrogen-bond acceptors (Lipinski definition) is 15. The van der Waals surface area contributed by atoms with E-state index in [0.29, 0.717) is 29.5 Å². The summed E-state index contributed by atoms with van der Waals surface area (Å²) in [6, 6.07) is 6.60. The Morgan fingerprint density at radius 1 is 0.875 bits per heavy atom. The summed E-state index contributed by atoms with van der Waals surface area (Å²) in [4.78, 5) is 147. The first kappa shape index (κ1) is 63.7. The summed E-state index contributed by atoms with van der Waals surface area (Å²) in [5, 5.41) is 20.5. The molecular weight excluding hydrogens is 1030 g/mol. The fraction of sp³-hybridized carbons (Fsp3) is 0.593. The number of hydrogen-bond donors (Lipinski definition) is 4. The zero-order chi connectivity index (χ0) is 59.4. The lowest BCUT2D eigenvalue weighted by Gasteiger charge is -2.36. The largest absolute Gasteiger partial charge is 0.497 e. The van der Waals surface area contributed by atoms with Crippen LogP contribution >= 0.6 is 0 Å². The number of Topliss-reactive ketones (excluding diaryl/α,β-unsaturated/α-hetero) is 1. The van der Waals surface area contributed by atoms with Crippen molar-refractivity contribution in [2.75, 3.05) is 27.7 Å². The van der Waals surface area contributed by atoms with Crippen LogP contribution < -0.4 is 26.3 Å². The normalized spacial score (nSPS) is 25.2. The van der Waals surface area contributed by atoms with Crippen molar-refractivity contribution in [3.63, 3.8) is 0 Å². The average Bonchev–Trinajstić information content (AvgIpc) is 3.91. The van der Waals surface area contributed by atoms with Crippen molar-refractivity contribution in [2.24, 2.45) is 29.6 Å². The average molecular weight is 1120 g/mol. The fourth-order valence-electron chi connectivity index (χ4n) is 10.1. The maximum absolute atomic E-state index is 15.0. The number of likely N-dealkylation sites (N-methyl/N-ethyl adjacent to an activating group) is 2. The number of para-hydroxylation sites is 1. The van der Waals surface area contributed by atoms with Crippen LogP contribution in [0.4, 0.5) is 0 Å². The first-order valence-electron chi connectivity index (χ1n) is 27.7. The van der Waals surface area contributed by atoms with Gasteiger partial charge in [0.15, 0.2) is 11.9 Å². The molecule has 80 heavy (non-hydrogen) atoms. The molecule has 438 valence electrons. The van der Waals surface area contributed by atoms with E-state index in [-0.39, 0.29) is 55.2 Å². The summed E-state index contributed by atoms with van der Waals surface area (Å²) in [7, 11) is 4.21. The molecule has 2 aliphatic rings. The molecule has 3 heterocycles. The van der Waals surface area contributed by atoms with E-state index in [0.717, 1.165) is 4.90 Å². The molecule has 0 aliphatic carbocycles. The van der Waals surface area contributed by atoms with Gasteiger partial charge in [-0.25, -0.2) is 9.59 Å². The molecule has 4 N–H and O–H groups in total. The Kier molecular flexibility index (Phi) is 22.5. The number of esters is 2. The zero-order valence-electron chi connectivity index (χ0n) is 48.4. The minimum absolute atomic E-state index is 0.0183. The van der Waals surface area contributed by atoms with Crippen molar-refractivity contribution in [3.8, 4) is 5.75 Å². The summed E-state index contributed by atoms with van der Waals surface area (Å²) in [5.74, 6) is -10.1. The first-order valence-corrected chi connectivity index (χ1v) is 27.7. The second kappa shape index (κ2) is 28.3. The number of nitrogens with zero attached hydrogens (tertiary/aromatic N) is 3. The number of fused-ring (bicyclic) bond motifs is 2. The monoisotopic (exact) mass is 1110 g/mol. The number of aliphatic hydroxyl groups is 1. The van der Waals surface area contributed by atoms with E-state index in [1.807, 2.05) is 13.8 Å². The molecule has 0 unspecified atom stereocenters. The SMILES string of the molecule is CC[C@H](C)[C@H]1NC(=O)[C@H](NC(=O)[C@@H](CC(C)C)N(C)C(=O)c2cc3ccccc3oc2=O)[C@@H](C)OC(=O)[C@H](Cc2ccc(OC)cc2)N(C)C(=O)[C@@H]2CCCN2C(=O)[C@H](CC(C)C)NC(=O)[C@@H](C)C(=O)[C@H](C(C)C)OC(=O)C[C@@H]1O. The smallest absolute Gasteiger partial charge is 0.349 e. The number of methoxy groups -OCH3 is 1. The van der Waals surface area contributed by atoms with E-state index in [1.54, 1.807) is 90.1 Å². The van der Waals surface area contributed by atoms with Gasteiger partial charge >= 0.3 is 17.6 Å². The molecule has 2 aromatic carbocycles. The summed E-state index contributed by atoms with van der Waals surface area (Å²) in [6.45, 7) is 16.8. The molecule has 2 aliphatic heterocycles. The predicted molar refractivity (Wildman–Crippen MR) is 296 cm³/mol. The fourth-order valence-corrected chi connectivity index (χ4v) is 10.1. The number of carbonyl (C=O) groups excluding carboxylic acids is 9. The van der Waals surface area contributed by atoms with Crippen LogP contribution in [0, 0.1) is 29.6 Å². The van der Waals surface area contributed by atoms with E-state index in [9.17, 15) is 48.3 Å². The van der Waals surface area contributed by atoms with Crippen molar-refractivity contribution >= 4 is 64.1 Å². The van der Waals surface area contributed by atoms with Crippen LogP contribution in [0.1, 0.15) is 124 Å². The second-order valence-electron chi connectivity index (χ2n) is 22.5. The number of ketones is 1. The van der Waals surface area contributed by atoms with E-state index in [2.05, 4.69) is 16.0 Å². The van der Waals surface area contributed by atoms with Gasteiger partial charge in [0.05, 0.1) is 31.6 Å². The van der Waals surface area contributed by atoms with Gasteiger partial charge < -0.3 is 54.4 Å². The lowest BCUT2D eigenvalue weighted by atomic mass is 9.91. The number of aliphatic hydroxyl groups excluding tert-OH is 1. The van der Waals surface area contributed by atoms with Crippen LogP contribution in [0.2, 0.25) is 0 Å². The minimum Gasteiger partial charge on any atom is -0.497 e. The third-order valence-corrected chi connectivity index (χ3v) is 15.1. The molecule has 21 heteroatoms. The van der Waals surface area contributed by atoms with Crippen LogP contribution in [0.15, 0.2) is 63.8 Å². The highest BCUT2D eigenvalue weighted by Crippen LogP contribution is 2.27. The van der Waals surface area contributed by atoms with Crippen LogP contribution in [-0.4, -0.2) is 155 Å². The van der Waals surface area contributed by atoms with Crippen LogP contribution in [0.5, 0.6) is 5.75 Å². The topological polar surface area (TPSA) is 278 Å². The molecule has 3 aromatic rings. The van der Waals surface area contributed by atoms with E-state index >= 15 is 4.79 Å². The maximum Gasteiger partial charge on any atom is 0.349 e. The summed E-state index contributed by atoms with van der Waals surface area (Å²) < 4.78 is 22.7. The molecule has 1 aromatic heterocycles. The highest BCUT2D eigenvalue weighted by atomic mass is 16.6. The van der Waals surface area contributed by atoms with Crippen LogP contribution in [-0.2, 0) is 54.3 Å². The van der Waals surface area contributed by atoms with Crippen LogP contribution in [0.3, 0.4) is 0 Å². The van der Waals surface area contributed by atoms with Crippen molar-refractivity contribution in [3.05, 3.63) is 76.1 Å². The number of rotatable bonds is 14. The Hall–Kier alpha value is -7.16. The predicted octanol–water partition coefficient (Wildman–Crippen LogP) is 4.36. The molecule has 2 fully saturated rings. The number of nitrogens with one attached hydrogen (secondary N) is 3. The molecule has 0 spiro atoms. The van der Waals surface area contributed by atoms with Gasteiger partial charge in [-0.05, 0) is 93.0 Å². The molecule has 0 radical (unpaired) electrons. The third-order valence-electron chi connectivity index (χ3n) is 15.1. The lowest BCUT2D eigenvalue weighted by Crippen LogP contribution is -2.61. The Bertz CT molecular complexity index is 2780. The van der Waals surface area contributed by atoms with Crippen molar-refractivity contribution < 1.29 is 66.9 Å². The van der Waals surface area contributed by atoms with Gasteiger partial charge in [-0.15, -0.1) is 0 Å². The zero-order valence-corrected chi connectivity index (χ0v) is 48.4. The quantitative estimate of drug-likeness (QED) is 0.0992. The second-order valence-corrected chi connectivity index (χ2v) is 22.5. The third kappa shape index (κ3) is 15.8. The summed E-state index contributed by atoms with van der Waals surface area (Å²) >= 11 is 0. The molecule has 0 saturated carbocycles. The van der Waals surface area contributed by atoms with E-state index < -0.39 is 138 Å². The van der Waals surface area contributed by atoms with Crippen molar-refractivity contribution in [1.29, 1.82) is 0 Å². The molecule has 11 atom stereocenters. The minimum atomic E-state index is -1.79. The molecule has 6 amide bonds. The number of ether oxygens (including phenoxy) is 3. The van der Waals surface area contributed by atoms with Gasteiger partial charge in [0, 0.05) is 32.4 Å². The van der Waals surface area contributed by atoms with Gasteiger partial charge in [0.25, 0.3) is 5.91 Å². The molecule has 0 bridgehead atoms. The van der Waals surface area contributed by atoms with E-state index in [1.165, 1.54) is 50.9 Å². The molecule has 21 nitrogen and oxygen atoms in total. The maximum atomic E-state index is 15.0. The van der Waals surface area contributed by atoms with Gasteiger partial charge in [-0.2, -0.15) is 0 Å². The number of amides is 6. The Morgan fingerprint density at radius 2 is 1.54 bits per heavy atom. The number of carbonyl (C=O) groups is 9. The summed E-state index contributed by atoms with van der Waals surface area (Å²) in [5.41, 5.74) is -0.489. The molecule has 2 saturated heterocycles. The van der Waals surface area contributed by atoms with Crippen molar-refractivity contribution in [2.45, 2.75) is 169 Å². The number of cyclic esters (lactones) is 2. The van der Waals surface area contributed by atoms with Crippen molar-refractivity contribution in [1.82, 2.24) is 30.7 Å². The van der Waals surface area contributed by atoms with Gasteiger partial charge in [0.2, 0.25) is 29.5 Å². The Labute approximate surface area is 468 Å². The highest BCUT2D eigenvalue weighted by Gasteiger charge is 2.45. The number of benzene rings is 2. The Balaban J connectivity index is 1.63. The highest BCUT2D eigenvalue weighted by molar-refractivity contribution is 6.05. The van der Waals surface area contributed by atoms with Gasteiger partial charge in [-0.1, -0.05) is 92.1 Å². The standard InChI is InChI=1S/C59H82N6O15/c1-14-34(8)48-45(66)30-47(67)80-51(33(6)7)50(68)35(9)52(69)60-41(26-31(2)3)56(73)65-25-17-19-42(65)57(74)64(12)44(28-37-21-23-39(77-13)24-22-37)59(76)78-36(10)49(54(71)61-48)62-53(70)43(27-32(4)5)63(11)55(72)40-29-38-18-15-16-20-46(38)79-58(40)75/h15-16,18,20-24,29,31-36,41-45,48-49,51,66H,14,17,19,25-28,30H2,1-13H3,(H,60,69)(H,61,71)(H,62,70)/t34-,35-,36+,41-,42-,43+,44-,45-,48+,49+,51-/m0/s1. The lowest BCUT2D eigenvalue weighted by molar-refractivity contribution is -0.163.